The number of anilines is 1. The summed E-state index contributed by atoms with van der Waals surface area (Å²) < 4.78 is 59.4. The molecule has 10 heteroatoms. The number of carbonyl (C=O) groups excluding carboxylic acids is 1. The molecular formula is C19H13F4N3O2S. The summed E-state index contributed by atoms with van der Waals surface area (Å²) in [6.07, 6.45) is 2.76. The molecule has 0 bridgehead atoms. The van der Waals surface area contributed by atoms with Crippen LogP contribution in [0.1, 0.15) is 15.9 Å². The minimum Gasteiger partial charge on any atom is -0.491 e. The standard InChI is InChI=1S/C19H13F4N3O2S/c1-28-17-12(20)8-13(15(22)16(17)23)26-18(27)11-3-2-5-25-19(11)29-9-10-4-6-24-14(21)7-10/h2-8H,9H2,1H3,(H,26,27). The molecular weight excluding hydrogens is 410 g/mol. The van der Waals surface area contributed by atoms with Crippen molar-refractivity contribution in [3.63, 3.8) is 0 Å². The second-order valence-electron chi connectivity index (χ2n) is 5.65. The van der Waals surface area contributed by atoms with Crippen LogP contribution >= 0.6 is 11.8 Å². The number of thioether (sulfide) groups is 1. The predicted molar refractivity (Wildman–Crippen MR) is 98.8 cm³/mol. The van der Waals surface area contributed by atoms with E-state index in [1.807, 2.05) is 0 Å². The number of rotatable bonds is 6. The maximum absolute atomic E-state index is 14.1. The Hall–Kier alpha value is -3.14. The number of benzene rings is 1. The fourth-order valence-corrected chi connectivity index (χ4v) is 3.34. The number of carbonyl (C=O) groups is 1. The van der Waals surface area contributed by atoms with Crippen molar-refractivity contribution in [3.8, 4) is 5.75 Å². The third kappa shape index (κ3) is 4.65. The molecule has 5 nitrogen and oxygen atoms in total. The highest BCUT2D eigenvalue weighted by molar-refractivity contribution is 7.98. The van der Waals surface area contributed by atoms with Gasteiger partial charge in [0.15, 0.2) is 17.4 Å². The van der Waals surface area contributed by atoms with E-state index in [1.54, 1.807) is 6.07 Å². The van der Waals surface area contributed by atoms with Crippen LogP contribution in [-0.2, 0) is 5.75 Å². The number of pyridine rings is 2. The van der Waals surface area contributed by atoms with Gasteiger partial charge in [0.05, 0.1) is 18.4 Å². The van der Waals surface area contributed by atoms with E-state index in [2.05, 4.69) is 20.0 Å². The summed E-state index contributed by atoms with van der Waals surface area (Å²) in [5, 5.41) is 2.41. The molecule has 0 unspecified atom stereocenters. The highest BCUT2D eigenvalue weighted by atomic mass is 32.2. The lowest BCUT2D eigenvalue weighted by molar-refractivity contribution is 0.102. The van der Waals surface area contributed by atoms with Crippen molar-refractivity contribution in [3.05, 3.63) is 77.3 Å². The van der Waals surface area contributed by atoms with Gasteiger partial charge in [-0.1, -0.05) is 0 Å². The Bertz CT molecular complexity index is 1070. The van der Waals surface area contributed by atoms with E-state index in [0.717, 1.165) is 18.9 Å². The van der Waals surface area contributed by atoms with E-state index in [0.29, 0.717) is 11.6 Å². The Morgan fingerprint density at radius 2 is 1.90 bits per heavy atom. The van der Waals surface area contributed by atoms with Gasteiger partial charge in [-0.05, 0) is 29.8 Å². The first-order chi connectivity index (χ1) is 13.9. The first-order valence-electron chi connectivity index (χ1n) is 8.11. The normalized spacial score (nSPS) is 10.7. The van der Waals surface area contributed by atoms with Crippen LogP contribution in [0.4, 0.5) is 23.2 Å². The van der Waals surface area contributed by atoms with Crippen LogP contribution in [0.5, 0.6) is 5.75 Å². The Morgan fingerprint density at radius 3 is 2.62 bits per heavy atom. The second-order valence-corrected chi connectivity index (χ2v) is 6.62. The number of amides is 1. The van der Waals surface area contributed by atoms with E-state index >= 15 is 0 Å². The number of methoxy groups -OCH3 is 1. The van der Waals surface area contributed by atoms with Crippen LogP contribution in [0.3, 0.4) is 0 Å². The molecule has 3 rings (SSSR count). The summed E-state index contributed by atoms with van der Waals surface area (Å²) in [7, 11) is 0.993. The molecule has 2 aromatic heterocycles. The molecule has 0 aliphatic carbocycles. The number of nitrogens with zero attached hydrogens (tertiary/aromatic N) is 2. The highest BCUT2D eigenvalue weighted by Gasteiger charge is 2.22. The van der Waals surface area contributed by atoms with Crippen molar-refractivity contribution in [1.29, 1.82) is 0 Å². The van der Waals surface area contributed by atoms with E-state index in [-0.39, 0.29) is 16.3 Å². The largest absolute Gasteiger partial charge is 0.491 e. The summed E-state index contributed by atoms with van der Waals surface area (Å²) in [5.74, 6) is -6.22. The monoisotopic (exact) mass is 423 g/mol. The average Bonchev–Trinajstić information content (AvgIpc) is 2.71. The van der Waals surface area contributed by atoms with Gasteiger partial charge in [0, 0.05) is 24.2 Å². The molecule has 0 atom stereocenters. The zero-order valence-corrected chi connectivity index (χ0v) is 15.7. The summed E-state index contributed by atoms with van der Waals surface area (Å²) in [6.45, 7) is 0. The molecule has 0 radical (unpaired) electrons. The van der Waals surface area contributed by atoms with Crippen molar-refractivity contribution in [1.82, 2.24) is 9.97 Å². The number of hydrogen-bond donors (Lipinski definition) is 1. The number of halogens is 4. The Morgan fingerprint density at radius 1 is 1.10 bits per heavy atom. The van der Waals surface area contributed by atoms with Gasteiger partial charge in [-0.2, -0.15) is 8.78 Å². The van der Waals surface area contributed by atoms with Gasteiger partial charge < -0.3 is 10.1 Å². The van der Waals surface area contributed by atoms with Crippen molar-refractivity contribution in [2.24, 2.45) is 0 Å². The van der Waals surface area contributed by atoms with Crippen LogP contribution < -0.4 is 10.1 Å². The SMILES string of the molecule is COc1c(F)cc(NC(=O)c2cccnc2SCc2ccnc(F)c2)c(F)c1F. The van der Waals surface area contributed by atoms with Gasteiger partial charge in [-0.3, -0.25) is 4.79 Å². The maximum Gasteiger partial charge on any atom is 0.258 e. The molecule has 0 aliphatic heterocycles. The lowest BCUT2D eigenvalue weighted by atomic mass is 10.2. The van der Waals surface area contributed by atoms with Gasteiger partial charge in [0.2, 0.25) is 11.8 Å². The van der Waals surface area contributed by atoms with Gasteiger partial charge in [-0.25, -0.2) is 18.7 Å². The summed E-state index contributed by atoms with van der Waals surface area (Å²) >= 11 is 1.14. The molecule has 0 aliphatic rings. The molecule has 2 heterocycles. The smallest absolute Gasteiger partial charge is 0.258 e. The number of hydrogen-bond acceptors (Lipinski definition) is 5. The van der Waals surface area contributed by atoms with E-state index < -0.39 is 40.7 Å². The molecule has 1 aromatic carbocycles. The van der Waals surface area contributed by atoms with Crippen molar-refractivity contribution in [2.45, 2.75) is 10.8 Å². The van der Waals surface area contributed by atoms with Gasteiger partial charge in [0.1, 0.15) is 5.03 Å². The van der Waals surface area contributed by atoms with Crippen LogP contribution in [0.15, 0.2) is 47.8 Å². The lowest BCUT2D eigenvalue weighted by Gasteiger charge is -2.12. The minimum atomic E-state index is -1.55. The molecule has 0 fully saturated rings. The number of nitrogens with one attached hydrogen (secondary N) is 1. The lowest BCUT2D eigenvalue weighted by Crippen LogP contribution is -2.16. The van der Waals surface area contributed by atoms with Crippen molar-refractivity contribution in [2.75, 3.05) is 12.4 Å². The van der Waals surface area contributed by atoms with Crippen LogP contribution in [0, 0.1) is 23.4 Å². The minimum absolute atomic E-state index is 0.0584. The average molecular weight is 423 g/mol. The molecule has 150 valence electrons. The number of ether oxygens (including phenoxy) is 1. The summed E-state index contributed by atoms with van der Waals surface area (Å²) in [6, 6.07) is 6.38. The highest BCUT2D eigenvalue weighted by Crippen LogP contribution is 2.30. The maximum atomic E-state index is 14.1. The Kier molecular flexibility index (Phi) is 6.32. The fraction of sp³-hybridized carbons (Fsp3) is 0.105. The predicted octanol–water partition coefficient (Wildman–Crippen LogP) is 4.59. The topological polar surface area (TPSA) is 64.1 Å². The molecule has 29 heavy (non-hydrogen) atoms. The number of aromatic nitrogens is 2. The van der Waals surface area contributed by atoms with E-state index in [4.69, 9.17) is 0 Å². The van der Waals surface area contributed by atoms with Crippen LogP contribution in [0.2, 0.25) is 0 Å². The Labute approximate surface area is 167 Å². The summed E-state index contributed by atoms with van der Waals surface area (Å²) in [5.41, 5.74) is -0.00489. The molecule has 1 amide bonds. The Balaban J connectivity index is 1.82. The third-order valence-electron chi connectivity index (χ3n) is 3.75. The zero-order valence-electron chi connectivity index (χ0n) is 14.9. The molecule has 1 N–H and O–H groups in total. The first-order valence-corrected chi connectivity index (χ1v) is 9.10. The molecule has 0 saturated heterocycles. The van der Waals surface area contributed by atoms with Crippen LogP contribution in [0.25, 0.3) is 0 Å². The molecule has 3 aromatic rings. The first kappa shape index (κ1) is 20.6. The van der Waals surface area contributed by atoms with Gasteiger partial charge in [0.25, 0.3) is 5.91 Å². The van der Waals surface area contributed by atoms with Crippen LogP contribution in [-0.4, -0.2) is 23.0 Å². The second kappa shape index (κ2) is 8.91. The summed E-state index contributed by atoms with van der Waals surface area (Å²) in [4.78, 5) is 20.1. The van der Waals surface area contributed by atoms with E-state index in [1.165, 1.54) is 30.6 Å². The van der Waals surface area contributed by atoms with Gasteiger partial charge in [-0.15, -0.1) is 11.8 Å². The van der Waals surface area contributed by atoms with Gasteiger partial charge >= 0.3 is 0 Å². The molecule has 0 saturated carbocycles. The van der Waals surface area contributed by atoms with E-state index in [9.17, 15) is 22.4 Å². The van der Waals surface area contributed by atoms with Crippen molar-refractivity contribution >= 4 is 23.4 Å². The zero-order chi connectivity index (χ0) is 21.0. The third-order valence-corrected chi connectivity index (χ3v) is 4.83. The quantitative estimate of drug-likeness (QED) is 0.272. The van der Waals surface area contributed by atoms with Crippen molar-refractivity contribution < 1.29 is 27.1 Å². The fourth-order valence-electron chi connectivity index (χ4n) is 2.41. The molecule has 0 spiro atoms.